The molecule has 0 spiro atoms. The van der Waals surface area contributed by atoms with Crippen LogP contribution >= 0.6 is 0 Å². The molecule has 1 amide bonds. The van der Waals surface area contributed by atoms with Gasteiger partial charge in [-0.25, -0.2) is 9.18 Å². The zero-order chi connectivity index (χ0) is 20.6. The molecular weight excluding hydrogens is 371 g/mol. The van der Waals surface area contributed by atoms with E-state index in [0.29, 0.717) is 25.1 Å². The molecule has 152 valence electrons. The van der Waals surface area contributed by atoms with Gasteiger partial charge >= 0.3 is 6.09 Å². The van der Waals surface area contributed by atoms with Crippen molar-refractivity contribution in [3.05, 3.63) is 78.0 Å². The van der Waals surface area contributed by atoms with Gasteiger partial charge in [-0.2, -0.15) is 0 Å². The van der Waals surface area contributed by atoms with Gasteiger partial charge in [-0.05, 0) is 48.9 Å². The standard InChI is InChI=1S/C22H25FN4O2/c1-24-13-16-12-21(18-7-3-4-8-19(18)23)27(15-16)20(9-11-26-22(28)29-2)17-6-5-10-25-14-17/h3-8,10,12,14-15,20,24H,9,11,13H2,1-2H3,(H,26,28). The van der Waals surface area contributed by atoms with Crippen LogP contribution in [-0.2, 0) is 11.3 Å². The lowest BCUT2D eigenvalue weighted by Crippen LogP contribution is -2.26. The van der Waals surface area contributed by atoms with Crippen molar-refractivity contribution in [2.75, 3.05) is 20.7 Å². The fourth-order valence-electron chi connectivity index (χ4n) is 3.40. The van der Waals surface area contributed by atoms with E-state index >= 15 is 0 Å². The second kappa shape index (κ2) is 9.84. The molecule has 2 N–H and O–H groups in total. The third-order valence-corrected chi connectivity index (χ3v) is 4.71. The quantitative estimate of drug-likeness (QED) is 0.609. The van der Waals surface area contributed by atoms with Gasteiger partial charge in [0.05, 0.1) is 18.8 Å². The Morgan fingerprint density at radius 1 is 1.28 bits per heavy atom. The number of pyridine rings is 1. The normalized spacial score (nSPS) is 11.8. The molecule has 0 saturated heterocycles. The highest BCUT2D eigenvalue weighted by Crippen LogP contribution is 2.32. The summed E-state index contributed by atoms with van der Waals surface area (Å²) in [5.41, 5.74) is 3.33. The van der Waals surface area contributed by atoms with E-state index in [1.54, 1.807) is 24.5 Å². The van der Waals surface area contributed by atoms with Gasteiger partial charge in [0.25, 0.3) is 0 Å². The van der Waals surface area contributed by atoms with Gasteiger partial charge in [-0.15, -0.1) is 0 Å². The third kappa shape index (κ3) is 5.00. The first-order chi connectivity index (χ1) is 14.1. The summed E-state index contributed by atoms with van der Waals surface area (Å²) in [4.78, 5) is 15.7. The van der Waals surface area contributed by atoms with E-state index in [4.69, 9.17) is 0 Å². The molecule has 1 aromatic carbocycles. The molecule has 6 nitrogen and oxygen atoms in total. The second-order valence-electron chi connectivity index (χ2n) is 6.66. The SMILES string of the molecule is CNCc1cc(-c2ccccc2F)n(C(CCNC(=O)OC)c2cccnc2)c1. The molecule has 0 bridgehead atoms. The first kappa shape index (κ1) is 20.5. The average molecular weight is 396 g/mol. The van der Waals surface area contributed by atoms with Crippen LogP contribution in [0.1, 0.15) is 23.6 Å². The number of methoxy groups -OCH3 is 1. The first-order valence-electron chi connectivity index (χ1n) is 9.46. The predicted octanol–water partition coefficient (Wildman–Crippen LogP) is 3.74. The molecule has 3 aromatic rings. The van der Waals surface area contributed by atoms with E-state index in [0.717, 1.165) is 16.8 Å². The smallest absolute Gasteiger partial charge is 0.406 e. The van der Waals surface area contributed by atoms with Gasteiger partial charge in [-0.3, -0.25) is 4.98 Å². The van der Waals surface area contributed by atoms with Gasteiger partial charge < -0.3 is 19.9 Å². The summed E-state index contributed by atoms with van der Waals surface area (Å²) in [6.07, 6.45) is 5.65. The largest absolute Gasteiger partial charge is 0.453 e. The van der Waals surface area contributed by atoms with Crippen LogP contribution in [0.5, 0.6) is 0 Å². The van der Waals surface area contributed by atoms with Crippen LogP contribution < -0.4 is 10.6 Å². The van der Waals surface area contributed by atoms with E-state index in [1.165, 1.54) is 13.2 Å². The van der Waals surface area contributed by atoms with Gasteiger partial charge in [0.2, 0.25) is 0 Å². The number of rotatable bonds is 8. The number of benzene rings is 1. The highest BCUT2D eigenvalue weighted by atomic mass is 19.1. The number of hydrogen-bond donors (Lipinski definition) is 2. The van der Waals surface area contributed by atoms with Crippen molar-refractivity contribution in [2.45, 2.75) is 19.0 Å². The number of nitrogens with zero attached hydrogens (tertiary/aromatic N) is 2. The molecule has 1 atom stereocenters. The Morgan fingerprint density at radius 3 is 2.79 bits per heavy atom. The van der Waals surface area contributed by atoms with E-state index in [1.807, 2.05) is 37.5 Å². The van der Waals surface area contributed by atoms with Crippen LogP contribution in [-0.4, -0.2) is 36.3 Å². The van der Waals surface area contributed by atoms with Crippen LogP contribution in [0.2, 0.25) is 0 Å². The van der Waals surface area contributed by atoms with Crippen molar-refractivity contribution in [1.29, 1.82) is 0 Å². The summed E-state index contributed by atoms with van der Waals surface area (Å²) in [6, 6.07) is 12.5. The third-order valence-electron chi connectivity index (χ3n) is 4.71. The zero-order valence-corrected chi connectivity index (χ0v) is 16.6. The number of amides is 1. The highest BCUT2D eigenvalue weighted by molar-refractivity contribution is 5.66. The van der Waals surface area contributed by atoms with E-state index in [-0.39, 0.29) is 11.9 Å². The van der Waals surface area contributed by atoms with Crippen LogP contribution in [0.25, 0.3) is 11.3 Å². The summed E-state index contributed by atoms with van der Waals surface area (Å²) in [7, 11) is 3.21. The van der Waals surface area contributed by atoms with Crippen LogP contribution in [0.4, 0.5) is 9.18 Å². The second-order valence-corrected chi connectivity index (χ2v) is 6.66. The van der Waals surface area contributed by atoms with E-state index in [9.17, 15) is 9.18 Å². The number of ether oxygens (including phenoxy) is 1. The van der Waals surface area contributed by atoms with Gasteiger partial charge in [-0.1, -0.05) is 18.2 Å². The Morgan fingerprint density at radius 2 is 2.10 bits per heavy atom. The molecule has 2 heterocycles. The van der Waals surface area contributed by atoms with Crippen molar-refractivity contribution < 1.29 is 13.9 Å². The Hall–Kier alpha value is -3.19. The average Bonchev–Trinajstić information content (AvgIpc) is 3.15. The molecule has 0 aliphatic carbocycles. The summed E-state index contributed by atoms with van der Waals surface area (Å²) < 4.78 is 21.3. The minimum atomic E-state index is -0.479. The summed E-state index contributed by atoms with van der Waals surface area (Å²) in [5, 5.41) is 5.87. The zero-order valence-electron chi connectivity index (χ0n) is 16.6. The molecule has 29 heavy (non-hydrogen) atoms. The first-order valence-corrected chi connectivity index (χ1v) is 9.46. The number of halogens is 1. The Bertz CT molecular complexity index is 943. The molecule has 0 aliphatic rings. The number of aromatic nitrogens is 2. The molecule has 3 rings (SSSR count). The minimum absolute atomic E-state index is 0.138. The van der Waals surface area contributed by atoms with Crippen molar-refractivity contribution in [3.63, 3.8) is 0 Å². The van der Waals surface area contributed by atoms with Gasteiger partial charge in [0.1, 0.15) is 5.82 Å². The van der Waals surface area contributed by atoms with Crippen LogP contribution in [0, 0.1) is 5.82 Å². The lowest BCUT2D eigenvalue weighted by atomic mass is 10.0. The lowest BCUT2D eigenvalue weighted by molar-refractivity contribution is 0.170. The fourth-order valence-corrected chi connectivity index (χ4v) is 3.40. The van der Waals surface area contributed by atoms with Crippen molar-refractivity contribution in [3.8, 4) is 11.3 Å². The molecule has 0 saturated carbocycles. The molecule has 0 fully saturated rings. The molecule has 7 heteroatoms. The maximum Gasteiger partial charge on any atom is 0.406 e. The maximum atomic E-state index is 14.6. The van der Waals surface area contributed by atoms with Crippen molar-refractivity contribution in [2.24, 2.45) is 0 Å². The Kier molecular flexibility index (Phi) is 6.97. The maximum absolute atomic E-state index is 14.6. The summed E-state index contributed by atoms with van der Waals surface area (Å²) in [5.74, 6) is -0.277. The summed E-state index contributed by atoms with van der Waals surface area (Å²) in [6.45, 7) is 1.07. The molecule has 0 radical (unpaired) electrons. The monoisotopic (exact) mass is 396 g/mol. The van der Waals surface area contributed by atoms with Crippen molar-refractivity contribution >= 4 is 6.09 Å². The fraction of sp³-hybridized carbons (Fsp3) is 0.273. The highest BCUT2D eigenvalue weighted by Gasteiger charge is 2.20. The number of nitrogens with one attached hydrogen (secondary N) is 2. The molecule has 0 aliphatic heterocycles. The molecular formula is C22H25FN4O2. The van der Waals surface area contributed by atoms with Gasteiger partial charge in [0, 0.05) is 37.2 Å². The Balaban J connectivity index is 2.04. The van der Waals surface area contributed by atoms with Crippen molar-refractivity contribution in [1.82, 2.24) is 20.2 Å². The molecule has 1 unspecified atom stereocenters. The van der Waals surface area contributed by atoms with Crippen LogP contribution in [0.3, 0.4) is 0 Å². The predicted molar refractivity (Wildman–Crippen MR) is 110 cm³/mol. The number of hydrogen-bond acceptors (Lipinski definition) is 4. The van der Waals surface area contributed by atoms with Gasteiger partial charge in [0.15, 0.2) is 0 Å². The summed E-state index contributed by atoms with van der Waals surface area (Å²) >= 11 is 0. The number of alkyl carbamates (subject to hydrolysis) is 1. The topological polar surface area (TPSA) is 68.2 Å². The number of carbonyl (C=O) groups excluding carboxylic acids is 1. The Labute approximate surface area is 169 Å². The number of carbonyl (C=O) groups is 1. The molecule has 2 aromatic heterocycles. The van der Waals surface area contributed by atoms with E-state index < -0.39 is 6.09 Å². The minimum Gasteiger partial charge on any atom is -0.453 e. The van der Waals surface area contributed by atoms with Crippen LogP contribution in [0.15, 0.2) is 61.1 Å². The lowest BCUT2D eigenvalue weighted by Gasteiger charge is -2.22. The van der Waals surface area contributed by atoms with E-state index in [2.05, 4.69) is 24.9 Å².